The van der Waals surface area contributed by atoms with Gasteiger partial charge in [-0.05, 0) is 49.8 Å². The molecule has 2 atom stereocenters. The Kier molecular flexibility index (Phi) is 6.98. The van der Waals surface area contributed by atoms with Crippen molar-refractivity contribution in [3.63, 3.8) is 0 Å². The number of fused-ring (bicyclic) bond motifs is 1. The molecule has 0 amide bonds. The zero-order chi connectivity index (χ0) is 28.2. The summed E-state index contributed by atoms with van der Waals surface area (Å²) in [6, 6.07) is 3.17. The molecule has 1 saturated carbocycles. The summed E-state index contributed by atoms with van der Waals surface area (Å²) in [5, 5.41) is 10.3. The second kappa shape index (κ2) is 10.3. The number of aromatic nitrogens is 5. The lowest BCUT2D eigenvalue weighted by atomic mass is 9.70. The number of hydrogen-bond acceptors (Lipinski definition) is 5. The maximum absolute atomic E-state index is 14.2. The Balaban J connectivity index is 1.38. The molecule has 0 radical (unpaired) electrons. The molecule has 0 spiro atoms. The van der Waals surface area contributed by atoms with Gasteiger partial charge in [0.25, 0.3) is 0 Å². The van der Waals surface area contributed by atoms with Crippen LogP contribution >= 0.6 is 11.3 Å². The van der Waals surface area contributed by atoms with Gasteiger partial charge in [-0.15, -0.1) is 21.5 Å². The summed E-state index contributed by atoms with van der Waals surface area (Å²) in [4.78, 5) is 16.8. The number of halogens is 3. The quantitative estimate of drug-likeness (QED) is 0.251. The first-order valence-corrected chi connectivity index (χ1v) is 14.6. The molecule has 0 aromatic carbocycles. The smallest absolute Gasteiger partial charge is 0.320 e. The van der Waals surface area contributed by atoms with E-state index < -0.39 is 17.4 Å². The average Bonchev–Trinajstić information content (AvgIpc) is 3.59. The van der Waals surface area contributed by atoms with Crippen LogP contribution in [0.1, 0.15) is 73.2 Å². The highest BCUT2D eigenvalue weighted by molar-refractivity contribution is 7.10. The van der Waals surface area contributed by atoms with Crippen molar-refractivity contribution in [2.45, 2.75) is 64.1 Å². The molecule has 1 aliphatic heterocycles. The van der Waals surface area contributed by atoms with Crippen LogP contribution in [0.2, 0.25) is 0 Å². The maximum atomic E-state index is 14.2. The molecule has 5 heterocycles. The number of nitrogens with zero attached hydrogens (tertiary/aromatic N) is 6. The molecule has 0 bridgehead atoms. The zero-order valence-electron chi connectivity index (χ0n) is 22.9. The molecule has 6 rings (SSSR count). The van der Waals surface area contributed by atoms with Crippen LogP contribution in [0, 0.1) is 5.92 Å². The fourth-order valence-electron chi connectivity index (χ4n) is 6.32. The number of thiophene rings is 1. The molecule has 1 unspecified atom stereocenters. The van der Waals surface area contributed by atoms with Crippen LogP contribution in [-0.4, -0.2) is 41.7 Å². The summed E-state index contributed by atoms with van der Waals surface area (Å²) in [5.74, 6) is 1.71. The topological polar surface area (TPSA) is 60.4 Å². The molecule has 0 saturated heterocycles. The van der Waals surface area contributed by atoms with E-state index in [1.807, 2.05) is 30.0 Å². The number of aryl methyl sites for hydroxylation is 1. The van der Waals surface area contributed by atoms with E-state index in [1.165, 1.54) is 28.8 Å². The summed E-state index contributed by atoms with van der Waals surface area (Å²) >= 11 is 1.56. The van der Waals surface area contributed by atoms with Crippen molar-refractivity contribution in [3.05, 3.63) is 80.2 Å². The third-order valence-electron chi connectivity index (χ3n) is 8.51. The molecule has 4 aromatic rings. The first kappa shape index (κ1) is 27.0. The summed E-state index contributed by atoms with van der Waals surface area (Å²) in [5.41, 5.74) is 0.852. The van der Waals surface area contributed by atoms with Crippen LogP contribution < -0.4 is 5.69 Å². The van der Waals surface area contributed by atoms with E-state index in [2.05, 4.69) is 28.1 Å². The van der Waals surface area contributed by atoms with Crippen LogP contribution in [-0.2, 0) is 19.8 Å². The van der Waals surface area contributed by atoms with Gasteiger partial charge in [0.2, 0.25) is 0 Å². The minimum atomic E-state index is -4.59. The first-order valence-electron chi connectivity index (χ1n) is 13.7. The van der Waals surface area contributed by atoms with Crippen LogP contribution in [0.3, 0.4) is 0 Å². The van der Waals surface area contributed by atoms with E-state index >= 15 is 0 Å². The summed E-state index contributed by atoms with van der Waals surface area (Å²) in [6.45, 7) is 6.02. The number of pyridine rings is 1. The minimum absolute atomic E-state index is 0.113. The molecule has 0 N–H and O–H groups in total. The van der Waals surface area contributed by atoms with E-state index in [-0.39, 0.29) is 17.4 Å². The SMILES string of the molecule is CC1=CCCN(Cc2cc(C(F)(F)F)c3cn(-c4csc([C@@H](C5CCC5)C(C)c5nncn5C)c4)c(=O)n3c2)C1. The van der Waals surface area contributed by atoms with Crippen molar-refractivity contribution >= 4 is 16.9 Å². The molecule has 4 aromatic heterocycles. The third kappa shape index (κ3) is 4.94. The highest BCUT2D eigenvalue weighted by Crippen LogP contribution is 2.48. The predicted molar refractivity (Wildman–Crippen MR) is 149 cm³/mol. The summed E-state index contributed by atoms with van der Waals surface area (Å²) in [6.07, 6.45) is 6.48. The molecule has 2 aliphatic rings. The molecule has 7 nitrogen and oxygen atoms in total. The Labute approximate surface area is 234 Å². The highest BCUT2D eigenvalue weighted by atomic mass is 32.1. The Hall–Kier alpha value is -3.18. The maximum Gasteiger partial charge on any atom is 0.418 e. The Morgan fingerprint density at radius 2 is 2.00 bits per heavy atom. The fraction of sp³-hybridized carbons (Fsp3) is 0.483. The van der Waals surface area contributed by atoms with Crippen molar-refractivity contribution in [2.24, 2.45) is 13.0 Å². The molecule has 11 heteroatoms. The Morgan fingerprint density at radius 3 is 2.65 bits per heavy atom. The lowest BCUT2D eigenvalue weighted by Gasteiger charge is -2.36. The van der Waals surface area contributed by atoms with Gasteiger partial charge in [0.1, 0.15) is 12.2 Å². The normalized spacial score (nSPS) is 18.6. The van der Waals surface area contributed by atoms with Crippen molar-refractivity contribution in [2.75, 3.05) is 13.1 Å². The molecular formula is C29H33F3N6OS. The van der Waals surface area contributed by atoms with Gasteiger partial charge >= 0.3 is 11.9 Å². The predicted octanol–water partition coefficient (Wildman–Crippen LogP) is 6.14. The fourth-order valence-corrected chi connectivity index (χ4v) is 7.50. The van der Waals surface area contributed by atoms with Crippen molar-refractivity contribution in [1.29, 1.82) is 0 Å². The molecule has 212 valence electrons. The van der Waals surface area contributed by atoms with Gasteiger partial charge in [-0.3, -0.25) is 13.9 Å². The number of imidazole rings is 1. The van der Waals surface area contributed by atoms with Gasteiger partial charge in [0.15, 0.2) is 0 Å². The first-order chi connectivity index (χ1) is 19.1. The van der Waals surface area contributed by atoms with E-state index in [9.17, 15) is 18.0 Å². The van der Waals surface area contributed by atoms with E-state index in [1.54, 1.807) is 23.9 Å². The second-order valence-electron chi connectivity index (χ2n) is 11.4. The lowest BCUT2D eigenvalue weighted by molar-refractivity contribution is -0.136. The third-order valence-corrected chi connectivity index (χ3v) is 9.53. The van der Waals surface area contributed by atoms with Gasteiger partial charge in [-0.25, -0.2) is 4.79 Å². The lowest BCUT2D eigenvalue weighted by Crippen LogP contribution is -2.29. The van der Waals surface area contributed by atoms with Gasteiger partial charge in [-0.2, -0.15) is 13.2 Å². The molecular weight excluding hydrogens is 537 g/mol. The van der Waals surface area contributed by atoms with E-state index in [4.69, 9.17) is 0 Å². The van der Waals surface area contributed by atoms with Crippen molar-refractivity contribution < 1.29 is 13.2 Å². The Bertz CT molecular complexity index is 1620. The van der Waals surface area contributed by atoms with Crippen LogP contribution in [0.5, 0.6) is 0 Å². The largest absolute Gasteiger partial charge is 0.418 e. The molecule has 1 fully saturated rings. The number of hydrogen-bond donors (Lipinski definition) is 0. The van der Waals surface area contributed by atoms with Gasteiger partial charge in [0.05, 0.1) is 16.8 Å². The van der Waals surface area contributed by atoms with Gasteiger partial charge < -0.3 is 4.57 Å². The van der Waals surface area contributed by atoms with Crippen LogP contribution in [0.4, 0.5) is 13.2 Å². The minimum Gasteiger partial charge on any atom is -0.320 e. The second-order valence-corrected chi connectivity index (χ2v) is 12.3. The van der Waals surface area contributed by atoms with Crippen molar-refractivity contribution in [3.8, 4) is 5.69 Å². The molecule has 1 aliphatic carbocycles. The molecule has 40 heavy (non-hydrogen) atoms. The number of rotatable bonds is 7. The highest BCUT2D eigenvalue weighted by Gasteiger charge is 2.37. The van der Waals surface area contributed by atoms with E-state index in [0.717, 1.165) is 40.9 Å². The monoisotopic (exact) mass is 570 g/mol. The van der Waals surface area contributed by atoms with Crippen molar-refractivity contribution in [1.82, 2.24) is 28.6 Å². The summed E-state index contributed by atoms with van der Waals surface area (Å²) in [7, 11) is 1.94. The Morgan fingerprint density at radius 1 is 1.20 bits per heavy atom. The number of alkyl halides is 3. The zero-order valence-corrected chi connectivity index (χ0v) is 23.7. The van der Waals surface area contributed by atoms with Gasteiger partial charge in [-0.1, -0.05) is 25.0 Å². The summed E-state index contributed by atoms with van der Waals surface area (Å²) < 4.78 is 47.1. The van der Waals surface area contributed by atoms with Crippen LogP contribution in [0.25, 0.3) is 11.2 Å². The average molecular weight is 571 g/mol. The van der Waals surface area contributed by atoms with Gasteiger partial charge in [0, 0.05) is 61.2 Å². The van der Waals surface area contributed by atoms with Crippen LogP contribution in [0.15, 0.2) is 52.7 Å². The van der Waals surface area contributed by atoms with E-state index in [0.29, 0.717) is 30.3 Å². The standard InChI is InChI=1S/C29H33F3N6OS/c1-18-6-5-9-36(12-18)13-20-10-23(29(30,31)32)24-15-37(28(39)38(24)14-20)22-11-25(40-16-22)26(21-7-4-8-21)19(2)27-34-33-17-35(27)3/h6,10-11,14-17,19,21,26H,4-5,7-9,12-13H2,1-3H3/t19?,26-/m1/s1.